The monoisotopic (exact) mass is 726 g/mol. The molecule has 4 rings (SSSR count). The second kappa shape index (κ2) is 23.1. The first-order valence-corrected chi connectivity index (χ1v) is 19.3. The summed E-state index contributed by atoms with van der Waals surface area (Å²) in [5.74, 6) is 1.31. The van der Waals surface area contributed by atoms with Crippen LogP contribution < -0.4 is 9.47 Å². The van der Waals surface area contributed by atoms with E-state index in [0.29, 0.717) is 39.1 Å². The molecule has 0 fully saturated rings. The lowest BCUT2D eigenvalue weighted by atomic mass is 10.0. The van der Waals surface area contributed by atoms with Crippen molar-refractivity contribution in [1.82, 2.24) is 9.80 Å². The Morgan fingerprint density at radius 3 is 1.17 bits per heavy atom. The number of carbonyl (C=O) groups excluding carboxylic acids is 2. The summed E-state index contributed by atoms with van der Waals surface area (Å²) < 4.78 is 11.9. The molecule has 0 saturated carbocycles. The highest BCUT2D eigenvalue weighted by atomic mass is 16.5. The molecule has 4 aromatic carbocycles. The van der Waals surface area contributed by atoms with E-state index >= 15 is 0 Å². The van der Waals surface area contributed by atoms with Crippen LogP contribution in [0.2, 0.25) is 0 Å². The summed E-state index contributed by atoms with van der Waals surface area (Å²) in [6.07, 6.45) is 10.4. The number of carbonyl (C=O) groups is 2. The lowest BCUT2D eigenvalue weighted by molar-refractivity contribution is -0.131. The predicted octanol–water partition coefficient (Wildman–Crippen LogP) is 9.58. The highest BCUT2D eigenvalue weighted by Gasteiger charge is 2.23. The zero-order chi connectivity index (χ0) is 38.4. The molecule has 0 aromatic heterocycles. The number of amides is 2. The van der Waals surface area contributed by atoms with E-state index in [1.54, 1.807) is 9.80 Å². The van der Waals surface area contributed by atoms with Gasteiger partial charge < -0.3 is 19.3 Å². The Labute approximate surface area is 321 Å². The van der Waals surface area contributed by atoms with E-state index < -0.39 is 12.1 Å². The maximum Gasteiger partial charge on any atom is 0.220 e. The molecule has 0 aliphatic carbocycles. The van der Waals surface area contributed by atoms with Gasteiger partial charge in [0.15, 0.2) is 0 Å². The average Bonchev–Trinajstić information content (AvgIpc) is 3.19. The van der Waals surface area contributed by atoms with Gasteiger partial charge in [-0.2, -0.15) is 10.5 Å². The van der Waals surface area contributed by atoms with Crippen LogP contribution in [-0.2, 0) is 22.4 Å². The van der Waals surface area contributed by atoms with Gasteiger partial charge in [0.05, 0.1) is 25.4 Å². The molecular formula is C46H54N4O4. The smallest absolute Gasteiger partial charge is 0.220 e. The Morgan fingerprint density at radius 1 is 0.519 bits per heavy atom. The average molecular weight is 727 g/mol. The molecule has 0 unspecified atom stereocenters. The summed E-state index contributed by atoms with van der Waals surface area (Å²) in [7, 11) is 0. The number of benzene rings is 4. The Morgan fingerprint density at radius 2 is 0.852 bits per heavy atom. The van der Waals surface area contributed by atoms with E-state index in [-0.39, 0.29) is 11.8 Å². The Hall–Kier alpha value is -5.60. The summed E-state index contributed by atoms with van der Waals surface area (Å²) in [4.78, 5) is 28.1. The van der Waals surface area contributed by atoms with Gasteiger partial charge in [0.25, 0.3) is 0 Å². The topological polar surface area (TPSA) is 107 Å². The maximum atomic E-state index is 12.4. The summed E-state index contributed by atoms with van der Waals surface area (Å²) in [5, 5.41) is 19.8. The molecule has 0 aliphatic heterocycles. The Bertz CT molecular complexity index is 1630. The molecule has 2 amide bonds. The fourth-order valence-electron chi connectivity index (χ4n) is 6.51. The van der Waals surface area contributed by atoms with Crippen molar-refractivity contribution in [3.8, 4) is 23.6 Å². The lowest BCUT2D eigenvalue weighted by Gasteiger charge is -2.26. The largest absolute Gasteiger partial charge is 0.494 e. The van der Waals surface area contributed by atoms with Crippen LogP contribution >= 0.6 is 0 Å². The maximum absolute atomic E-state index is 12.4. The minimum absolute atomic E-state index is 0.118. The molecule has 0 aliphatic rings. The minimum atomic E-state index is -0.641. The van der Waals surface area contributed by atoms with Gasteiger partial charge in [0.1, 0.15) is 23.6 Å². The quantitative estimate of drug-likeness (QED) is 0.0705. The first-order chi connectivity index (χ1) is 26.4. The minimum Gasteiger partial charge on any atom is -0.494 e. The number of unbranched alkanes of at least 4 members (excludes halogenated alkanes) is 7. The molecule has 0 radical (unpaired) electrons. The second-order valence-electron chi connectivity index (χ2n) is 13.6. The van der Waals surface area contributed by atoms with Crippen LogP contribution in [0.1, 0.15) is 99.6 Å². The zero-order valence-corrected chi connectivity index (χ0v) is 31.9. The predicted molar refractivity (Wildman–Crippen MR) is 213 cm³/mol. The van der Waals surface area contributed by atoms with Gasteiger partial charge in [-0.1, -0.05) is 123 Å². The van der Waals surface area contributed by atoms with E-state index in [1.165, 1.54) is 39.5 Å². The number of ether oxygens (including phenoxy) is 2. The first-order valence-electron chi connectivity index (χ1n) is 19.3. The highest BCUT2D eigenvalue weighted by molar-refractivity contribution is 5.75. The van der Waals surface area contributed by atoms with Crippen molar-refractivity contribution in [3.63, 3.8) is 0 Å². The number of nitrogens with zero attached hydrogens (tertiary/aromatic N) is 4. The molecule has 0 saturated heterocycles. The van der Waals surface area contributed by atoms with Crippen molar-refractivity contribution in [2.45, 2.75) is 90.1 Å². The summed E-state index contributed by atoms with van der Waals surface area (Å²) in [6.45, 7) is 5.28. The molecule has 0 bridgehead atoms. The van der Waals surface area contributed by atoms with Gasteiger partial charge in [-0.3, -0.25) is 9.59 Å². The third-order valence-electron chi connectivity index (χ3n) is 9.61. The zero-order valence-electron chi connectivity index (χ0n) is 31.9. The van der Waals surface area contributed by atoms with E-state index in [1.807, 2.05) is 109 Å². The van der Waals surface area contributed by atoms with Crippen molar-refractivity contribution in [2.75, 3.05) is 26.3 Å². The lowest BCUT2D eigenvalue weighted by Crippen LogP contribution is -2.34. The van der Waals surface area contributed by atoms with E-state index in [0.717, 1.165) is 59.4 Å². The van der Waals surface area contributed by atoms with Gasteiger partial charge in [-0.05, 0) is 72.2 Å². The first kappa shape index (κ1) is 41.2. The van der Waals surface area contributed by atoms with E-state index in [2.05, 4.69) is 12.1 Å². The number of nitriles is 2. The standard InChI is InChI=1S/C46H54N4O4/c1-37(51)49(31-29-39-17-11-9-12-18-39)45(35-47)41-21-25-43(26-22-41)53-33-15-7-5-3-4-6-8-16-34-54-44-27-23-42(24-28-44)46(36-48)50(38(2)52)32-30-40-19-13-10-14-20-40/h9-14,17-28,45-46H,3-8,15-16,29-34H2,1-2H3/t45-,46+. The van der Waals surface area contributed by atoms with Crippen molar-refractivity contribution < 1.29 is 19.1 Å². The van der Waals surface area contributed by atoms with Gasteiger partial charge in [0.2, 0.25) is 11.8 Å². The second-order valence-corrected chi connectivity index (χ2v) is 13.6. The van der Waals surface area contributed by atoms with E-state index in [4.69, 9.17) is 9.47 Å². The van der Waals surface area contributed by atoms with Gasteiger partial charge >= 0.3 is 0 Å². The van der Waals surface area contributed by atoms with Crippen molar-refractivity contribution in [1.29, 1.82) is 10.5 Å². The van der Waals surface area contributed by atoms with Crippen LogP contribution in [0, 0.1) is 22.7 Å². The van der Waals surface area contributed by atoms with E-state index in [9.17, 15) is 20.1 Å². The highest BCUT2D eigenvalue weighted by Crippen LogP contribution is 2.25. The molecule has 0 spiro atoms. The molecule has 8 nitrogen and oxygen atoms in total. The fraction of sp³-hybridized carbons (Fsp3) is 0.391. The third kappa shape index (κ3) is 13.7. The summed E-state index contributed by atoms with van der Waals surface area (Å²) in [6, 6.07) is 38.4. The molecule has 4 aromatic rings. The van der Waals surface area contributed by atoms with Crippen LogP contribution in [0.4, 0.5) is 0 Å². The SMILES string of the molecule is CC(=O)N(CCc1ccccc1)[C@H](C#N)c1ccc(OCCCCCCCCCCOc2ccc([C@H](C#N)N(CCc3ccccc3)C(C)=O)cc2)cc1. The molecule has 282 valence electrons. The third-order valence-corrected chi connectivity index (χ3v) is 9.61. The molecule has 0 N–H and O–H groups in total. The molecular weight excluding hydrogens is 673 g/mol. The van der Waals surface area contributed by atoms with Crippen molar-refractivity contribution >= 4 is 11.8 Å². The van der Waals surface area contributed by atoms with Crippen LogP contribution in [0.5, 0.6) is 11.5 Å². The van der Waals surface area contributed by atoms with Crippen molar-refractivity contribution in [3.05, 3.63) is 131 Å². The summed E-state index contributed by atoms with van der Waals surface area (Å²) in [5.41, 5.74) is 3.84. The van der Waals surface area contributed by atoms with Gasteiger partial charge in [-0.25, -0.2) is 0 Å². The summed E-state index contributed by atoms with van der Waals surface area (Å²) >= 11 is 0. The number of rotatable bonds is 23. The number of hydrogen-bond donors (Lipinski definition) is 0. The van der Waals surface area contributed by atoms with Crippen LogP contribution in [0.15, 0.2) is 109 Å². The fourth-order valence-corrected chi connectivity index (χ4v) is 6.51. The molecule has 54 heavy (non-hydrogen) atoms. The molecule has 0 heterocycles. The van der Waals surface area contributed by atoms with Crippen molar-refractivity contribution in [2.24, 2.45) is 0 Å². The number of hydrogen-bond acceptors (Lipinski definition) is 6. The normalized spacial score (nSPS) is 11.8. The van der Waals surface area contributed by atoms with Crippen LogP contribution in [0.25, 0.3) is 0 Å². The van der Waals surface area contributed by atoms with Gasteiger partial charge in [0, 0.05) is 26.9 Å². The van der Waals surface area contributed by atoms with Crippen LogP contribution in [0.3, 0.4) is 0 Å². The molecule has 2 atom stereocenters. The van der Waals surface area contributed by atoms with Gasteiger partial charge in [-0.15, -0.1) is 0 Å². The van der Waals surface area contributed by atoms with Crippen LogP contribution in [-0.4, -0.2) is 47.9 Å². The molecule has 8 heteroatoms. The Kier molecular flexibility index (Phi) is 17.6. The Balaban J connectivity index is 1.05.